The average Bonchev–Trinajstić information content (AvgIpc) is 2.54. The molecule has 0 heteroatoms. The van der Waals surface area contributed by atoms with Gasteiger partial charge in [-0.25, -0.2) is 0 Å². The average molecular weight is 292 g/mol. The zero-order valence-electron chi connectivity index (χ0n) is 13.5. The van der Waals surface area contributed by atoms with Crippen LogP contribution in [0.2, 0.25) is 0 Å². The normalized spacial score (nSPS) is 12.0. The van der Waals surface area contributed by atoms with Gasteiger partial charge in [-0.2, -0.15) is 0 Å². The second kappa shape index (κ2) is 8.38. The van der Waals surface area contributed by atoms with E-state index in [4.69, 9.17) is 0 Å². The van der Waals surface area contributed by atoms with E-state index in [9.17, 15) is 0 Å². The molecule has 0 nitrogen and oxygen atoms in total. The lowest BCUT2D eigenvalue weighted by Crippen LogP contribution is -2.25. The molecule has 116 valence electrons. The molecule has 0 heterocycles. The van der Waals surface area contributed by atoms with Gasteiger partial charge in [0.2, 0.25) is 0 Å². The highest BCUT2D eigenvalue weighted by molar-refractivity contribution is 6.08. The molecule has 0 unspecified atom stereocenters. The van der Waals surface area contributed by atoms with Crippen LogP contribution >= 0.6 is 0 Å². The fourth-order valence-electron chi connectivity index (χ4n) is 2.82. The minimum Gasteiger partial charge on any atom is -0.0791 e. The van der Waals surface area contributed by atoms with E-state index >= 15 is 0 Å². The second-order valence-electron chi connectivity index (χ2n) is 5.20. The molecule has 0 saturated carbocycles. The van der Waals surface area contributed by atoms with Gasteiger partial charge < -0.3 is 0 Å². The van der Waals surface area contributed by atoms with E-state index in [1.165, 1.54) is 38.4 Å². The number of hydrogen-bond donors (Lipinski definition) is 0. The van der Waals surface area contributed by atoms with E-state index in [1.807, 2.05) is 0 Å². The lowest BCUT2D eigenvalue weighted by molar-refractivity contribution is 1.09. The Hall–Kier alpha value is -2.08. The summed E-state index contributed by atoms with van der Waals surface area (Å²) in [4.78, 5) is 0. The monoisotopic (exact) mass is 292 g/mol. The summed E-state index contributed by atoms with van der Waals surface area (Å²) in [6.45, 7) is 8.48. The molecule has 3 aromatic rings. The molecule has 0 aliphatic rings. The minimum absolute atomic E-state index is 0. The highest BCUT2D eigenvalue weighted by Gasteiger charge is 2.03. The van der Waals surface area contributed by atoms with Gasteiger partial charge in [-0.05, 0) is 45.8 Å². The van der Waals surface area contributed by atoms with Crippen LogP contribution in [-0.2, 0) is 0 Å². The lowest BCUT2D eigenvalue weighted by atomic mass is 9.97. The van der Waals surface area contributed by atoms with Gasteiger partial charge >= 0.3 is 0 Å². The summed E-state index contributed by atoms with van der Waals surface area (Å²) in [5.41, 5.74) is 0. The first-order valence-corrected chi connectivity index (χ1v) is 7.80. The van der Waals surface area contributed by atoms with Crippen molar-refractivity contribution < 1.29 is 0 Å². The quantitative estimate of drug-likeness (QED) is 0.470. The second-order valence-corrected chi connectivity index (χ2v) is 5.20. The van der Waals surface area contributed by atoms with E-state index in [0.29, 0.717) is 0 Å². The standard InChI is InChI=1S/C18H16.C3H8.CH4/c1-3-13-14(4-2)16-10-6-8-12-18(16)17-11-7-5-9-15(13)17;1-3-2;/h3-12H,1-2H3;3H2,1-2H3;1H4/b13-3+,14-4+;;. The number of benzene rings is 3. The van der Waals surface area contributed by atoms with Crippen molar-refractivity contribution in [3.8, 4) is 0 Å². The van der Waals surface area contributed by atoms with E-state index in [0.717, 1.165) is 0 Å². The van der Waals surface area contributed by atoms with Gasteiger partial charge in [0, 0.05) is 0 Å². The highest BCUT2D eigenvalue weighted by atomic mass is 14.1. The highest BCUT2D eigenvalue weighted by Crippen LogP contribution is 2.19. The van der Waals surface area contributed by atoms with Crippen LogP contribution < -0.4 is 10.4 Å². The van der Waals surface area contributed by atoms with Crippen molar-refractivity contribution in [2.24, 2.45) is 0 Å². The predicted octanol–water partition coefficient (Wildman–Crippen LogP) is 5.65. The molecule has 3 rings (SSSR count). The van der Waals surface area contributed by atoms with Crippen LogP contribution in [0, 0.1) is 0 Å². The molecule has 0 bridgehead atoms. The molecule has 3 aromatic carbocycles. The first-order chi connectivity index (χ1) is 10.3. The molecule has 0 N–H and O–H groups in total. The molecule has 0 aliphatic carbocycles. The zero-order valence-corrected chi connectivity index (χ0v) is 13.5. The van der Waals surface area contributed by atoms with Crippen molar-refractivity contribution in [2.45, 2.75) is 41.5 Å². The third-order valence-corrected chi connectivity index (χ3v) is 3.59. The van der Waals surface area contributed by atoms with Crippen LogP contribution in [0.5, 0.6) is 0 Å². The topological polar surface area (TPSA) is 0 Å². The number of hydrogen-bond acceptors (Lipinski definition) is 0. The van der Waals surface area contributed by atoms with Gasteiger partial charge in [0.05, 0.1) is 0 Å². The molecule has 22 heavy (non-hydrogen) atoms. The molecular weight excluding hydrogens is 264 g/mol. The fourth-order valence-corrected chi connectivity index (χ4v) is 2.82. The third-order valence-electron chi connectivity index (χ3n) is 3.59. The number of fused-ring (bicyclic) bond motifs is 3. The Balaban J connectivity index is 0.000000562. The van der Waals surface area contributed by atoms with Gasteiger partial charge in [-0.1, -0.05) is 88.4 Å². The molecule has 0 amide bonds. The van der Waals surface area contributed by atoms with Crippen LogP contribution in [0.15, 0.2) is 48.5 Å². The first-order valence-electron chi connectivity index (χ1n) is 7.80. The van der Waals surface area contributed by atoms with Crippen molar-refractivity contribution in [3.63, 3.8) is 0 Å². The van der Waals surface area contributed by atoms with Crippen molar-refractivity contribution in [3.05, 3.63) is 59.0 Å². The minimum atomic E-state index is 0. The molecule has 0 aliphatic heterocycles. The molecule has 0 saturated heterocycles. The lowest BCUT2D eigenvalue weighted by Gasteiger charge is -2.06. The Kier molecular flexibility index (Phi) is 6.85. The SMILES string of the molecule is C.C/C=c1\c(=C/C)c2ccccc2c2ccccc12.CCC. The summed E-state index contributed by atoms with van der Waals surface area (Å²) in [6.07, 6.45) is 5.67. The molecule has 0 atom stereocenters. The van der Waals surface area contributed by atoms with Crippen LogP contribution in [0.25, 0.3) is 33.7 Å². The maximum atomic E-state index is 2.21. The maximum absolute atomic E-state index is 2.21. The van der Waals surface area contributed by atoms with Crippen LogP contribution in [-0.4, -0.2) is 0 Å². The Bertz CT molecular complexity index is 781. The van der Waals surface area contributed by atoms with Crippen LogP contribution in [0.4, 0.5) is 0 Å². The summed E-state index contributed by atoms with van der Waals surface area (Å²) in [5.74, 6) is 0. The van der Waals surface area contributed by atoms with E-state index in [-0.39, 0.29) is 7.43 Å². The molecule has 0 radical (unpaired) electrons. The summed E-state index contributed by atoms with van der Waals surface area (Å²) in [5, 5.41) is 8.04. The predicted molar refractivity (Wildman–Crippen MR) is 104 cm³/mol. The van der Waals surface area contributed by atoms with Crippen LogP contribution in [0.1, 0.15) is 41.5 Å². The number of rotatable bonds is 0. The van der Waals surface area contributed by atoms with Crippen molar-refractivity contribution in [1.29, 1.82) is 0 Å². The van der Waals surface area contributed by atoms with Crippen LogP contribution in [0.3, 0.4) is 0 Å². The van der Waals surface area contributed by atoms with E-state index < -0.39 is 0 Å². The van der Waals surface area contributed by atoms with E-state index in [1.54, 1.807) is 0 Å². The zero-order chi connectivity index (χ0) is 15.2. The largest absolute Gasteiger partial charge is 0.0791 e. The van der Waals surface area contributed by atoms with Gasteiger partial charge in [0.25, 0.3) is 0 Å². The van der Waals surface area contributed by atoms with Crippen molar-refractivity contribution in [1.82, 2.24) is 0 Å². The Morgan fingerprint density at radius 1 is 0.636 bits per heavy atom. The summed E-state index contributed by atoms with van der Waals surface area (Å²) < 4.78 is 0. The summed E-state index contributed by atoms with van der Waals surface area (Å²) in [7, 11) is 0. The van der Waals surface area contributed by atoms with Gasteiger partial charge in [0.15, 0.2) is 0 Å². The van der Waals surface area contributed by atoms with Gasteiger partial charge in [-0.15, -0.1) is 0 Å². The maximum Gasteiger partial charge on any atom is -0.00991 e. The van der Waals surface area contributed by atoms with Crippen molar-refractivity contribution >= 4 is 33.7 Å². The van der Waals surface area contributed by atoms with E-state index in [2.05, 4.69) is 88.4 Å². The van der Waals surface area contributed by atoms with Gasteiger partial charge in [-0.3, -0.25) is 0 Å². The molecule has 0 fully saturated rings. The summed E-state index contributed by atoms with van der Waals surface area (Å²) >= 11 is 0. The Labute approximate surface area is 134 Å². The van der Waals surface area contributed by atoms with Gasteiger partial charge in [0.1, 0.15) is 0 Å². The molecular formula is C22H28. The third kappa shape index (κ3) is 3.22. The Morgan fingerprint density at radius 2 is 0.909 bits per heavy atom. The molecule has 0 aromatic heterocycles. The molecule has 0 spiro atoms. The smallest absolute Gasteiger partial charge is 0.00991 e. The van der Waals surface area contributed by atoms with Crippen molar-refractivity contribution in [2.75, 3.05) is 0 Å². The first kappa shape index (κ1) is 18.0. The Morgan fingerprint density at radius 3 is 1.18 bits per heavy atom. The fraction of sp³-hybridized carbons (Fsp3) is 0.273. The summed E-state index contributed by atoms with van der Waals surface area (Å²) in [6, 6.07) is 17.3.